The fraction of sp³-hybridized carbons (Fsp3) is 0.364. The average molecular weight is 257 g/mol. The molecule has 0 fully saturated rings. The van der Waals surface area contributed by atoms with Crippen LogP contribution < -0.4 is 5.32 Å². The van der Waals surface area contributed by atoms with Gasteiger partial charge in [-0.2, -0.15) is 8.42 Å². The lowest BCUT2D eigenvalue weighted by Crippen LogP contribution is -2.07. The number of rotatable bonds is 5. The molecule has 0 spiro atoms. The van der Waals surface area contributed by atoms with Gasteiger partial charge in [0.1, 0.15) is 0 Å². The third-order valence-electron chi connectivity index (χ3n) is 2.12. The second-order valence-corrected chi connectivity index (χ2v) is 5.34. The first-order chi connectivity index (χ1) is 7.87. The van der Waals surface area contributed by atoms with E-state index in [0.29, 0.717) is 18.5 Å². The number of hydrogen-bond donors (Lipinski definition) is 2. The molecular formula is C11H15NO4S. The Bertz CT molecular complexity index is 496. The van der Waals surface area contributed by atoms with Crippen molar-refractivity contribution in [2.75, 3.05) is 11.1 Å². The van der Waals surface area contributed by atoms with E-state index in [2.05, 4.69) is 5.32 Å². The Labute approximate surface area is 101 Å². The standard InChI is InChI=1S/C11H15NO4S/c1-9(13)12-11-6-2-4-10(8-11)5-3-7-17(14,15)16/h2,4,6,8H,3,5,7H2,1H3,(H,12,13)(H,14,15,16). The van der Waals surface area contributed by atoms with Gasteiger partial charge in [0.05, 0.1) is 5.75 Å². The molecule has 1 amide bonds. The molecule has 6 heteroatoms. The SMILES string of the molecule is CC(=O)Nc1cccc(CCCS(=O)(=O)O)c1. The van der Waals surface area contributed by atoms with Gasteiger partial charge in [-0.05, 0) is 30.5 Å². The van der Waals surface area contributed by atoms with Crippen molar-refractivity contribution in [3.63, 3.8) is 0 Å². The molecule has 1 aromatic rings. The van der Waals surface area contributed by atoms with Gasteiger partial charge >= 0.3 is 0 Å². The van der Waals surface area contributed by atoms with Crippen LogP contribution in [0.1, 0.15) is 18.9 Å². The lowest BCUT2D eigenvalue weighted by molar-refractivity contribution is -0.114. The number of benzene rings is 1. The molecule has 0 aliphatic carbocycles. The molecule has 2 N–H and O–H groups in total. The monoisotopic (exact) mass is 257 g/mol. The highest BCUT2D eigenvalue weighted by Crippen LogP contribution is 2.12. The van der Waals surface area contributed by atoms with Crippen molar-refractivity contribution in [2.24, 2.45) is 0 Å². The number of nitrogens with one attached hydrogen (secondary N) is 1. The minimum Gasteiger partial charge on any atom is -0.326 e. The fourth-order valence-electron chi connectivity index (χ4n) is 1.47. The molecule has 0 saturated heterocycles. The van der Waals surface area contributed by atoms with Crippen LogP contribution >= 0.6 is 0 Å². The van der Waals surface area contributed by atoms with E-state index in [4.69, 9.17) is 4.55 Å². The van der Waals surface area contributed by atoms with Gasteiger partial charge in [-0.25, -0.2) is 0 Å². The van der Waals surface area contributed by atoms with Crippen LogP contribution in [0.15, 0.2) is 24.3 Å². The van der Waals surface area contributed by atoms with Gasteiger partial charge in [-0.15, -0.1) is 0 Å². The van der Waals surface area contributed by atoms with Crippen LogP contribution in [-0.4, -0.2) is 24.6 Å². The van der Waals surface area contributed by atoms with Crippen molar-refractivity contribution < 1.29 is 17.8 Å². The first-order valence-electron chi connectivity index (χ1n) is 5.18. The molecular weight excluding hydrogens is 242 g/mol. The van der Waals surface area contributed by atoms with Crippen molar-refractivity contribution in [1.29, 1.82) is 0 Å². The maximum absolute atomic E-state index is 10.8. The topological polar surface area (TPSA) is 83.5 Å². The van der Waals surface area contributed by atoms with Gasteiger partial charge < -0.3 is 5.32 Å². The zero-order valence-corrected chi connectivity index (χ0v) is 10.3. The fourth-order valence-corrected chi connectivity index (χ4v) is 1.98. The molecule has 0 radical (unpaired) electrons. The predicted octanol–water partition coefficient (Wildman–Crippen LogP) is 1.47. The van der Waals surface area contributed by atoms with E-state index >= 15 is 0 Å². The van der Waals surface area contributed by atoms with Crippen LogP contribution in [0.5, 0.6) is 0 Å². The van der Waals surface area contributed by atoms with Gasteiger partial charge in [0.25, 0.3) is 10.1 Å². The Morgan fingerprint density at radius 1 is 1.41 bits per heavy atom. The maximum atomic E-state index is 10.8. The second kappa shape index (κ2) is 5.79. The van der Waals surface area contributed by atoms with Crippen molar-refractivity contribution in [1.82, 2.24) is 0 Å². The smallest absolute Gasteiger partial charge is 0.264 e. The number of aryl methyl sites for hydroxylation is 1. The summed E-state index contributed by atoms with van der Waals surface area (Å²) in [7, 11) is -3.89. The second-order valence-electron chi connectivity index (χ2n) is 3.77. The van der Waals surface area contributed by atoms with Crippen molar-refractivity contribution in [2.45, 2.75) is 19.8 Å². The van der Waals surface area contributed by atoms with Crippen LogP contribution in [0.2, 0.25) is 0 Å². The third kappa shape index (κ3) is 6.03. The molecule has 0 atom stereocenters. The number of carbonyl (C=O) groups excluding carboxylic acids is 1. The van der Waals surface area contributed by atoms with Gasteiger partial charge in [0.2, 0.25) is 5.91 Å². The van der Waals surface area contributed by atoms with E-state index in [1.807, 2.05) is 6.07 Å². The molecule has 0 bridgehead atoms. The summed E-state index contributed by atoms with van der Waals surface area (Å²) in [5.41, 5.74) is 1.60. The molecule has 0 unspecified atom stereocenters. The number of carbonyl (C=O) groups is 1. The molecule has 1 aromatic carbocycles. The predicted molar refractivity (Wildman–Crippen MR) is 65.5 cm³/mol. The summed E-state index contributed by atoms with van der Waals surface area (Å²) < 4.78 is 29.6. The molecule has 5 nitrogen and oxygen atoms in total. The van der Waals surface area contributed by atoms with Crippen LogP contribution in [0.4, 0.5) is 5.69 Å². The summed E-state index contributed by atoms with van der Waals surface area (Å²) >= 11 is 0. The molecule has 94 valence electrons. The highest BCUT2D eigenvalue weighted by molar-refractivity contribution is 7.85. The molecule has 0 aliphatic heterocycles. The zero-order chi connectivity index (χ0) is 12.9. The minimum absolute atomic E-state index is 0.153. The van der Waals surface area contributed by atoms with Crippen LogP contribution in [0, 0.1) is 0 Å². The summed E-state index contributed by atoms with van der Waals surface area (Å²) in [5, 5.41) is 2.65. The Hall–Kier alpha value is -1.40. The molecule has 0 aromatic heterocycles. The first-order valence-corrected chi connectivity index (χ1v) is 6.79. The van der Waals surface area contributed by atoms with Crippen LogP contribution in [-0.2, 0) is 21.3 Å². The lowest BCUT2D eigenvalue weighted by atomic mass is 10.1. The van der Waals surface area contributed by atoms with Gasteiger partial charge in [0.15, 0.2) is 0 Å². The largest absolute Gasteiger partial charge is 0.326 e. The van der Waals surface area contributed by atoms with E-state index in [9.17, 15) is 13.2 Å². The average Bonchev–Trinajstić information content (AvgIpc) is 2.15. The molecule has 0 saturated carbocycles. The summed E-state index contributed by atoms with van der Waals surface area (Å²) in [6.07, 6.45) is 0.884. The lowest BCUT2D eigenvalue weighted by Gasteiger charge is -2.05. The van der Waals surface area contributed by atoms with E-state index in [1.54, 1.807) is 18.2 Å². The molecule has 17 heavy (non-hydrogen) atoms. The Balaban J connectivity index is 2.57. The number of hydrogen-bond acceptors (Lipinski definition) is 3. The molecule has 1 rings (SSSR count). The zero-order valence-electron chi connectivity index (χ0n) is 9.51. The van der Waals surface area contributed by atoms with E-state index in [-0.39, 0.29) is 11.7 Å². The van der Waals surface area contributed by atoms with E-state index < -0.39 is 10.1 Å². The van der Waals surface area contributed by atoms with Crippen molar-refractivity contribution >= 4 is 21.7 Å². The van der Waals surface area contributed by atoms with Gasteiger partial charge in [0, 0.05) is 12.6 Å². The summed E-state index contributed by atoms with van der Waals surface area (Å²) in [6.45, 7) is 1.42. The van der Waals surface area contributed by atoms with Crippen molar-refractivity contribution in [3.05, 3.63) is 29.8 Å². The van der Waals surface area contributed by atoms with E-state index in [1.165, 1.54) is 6.92 Å². The van der Waals surface area contributed by atoms with Crippen LogP contribution in [0.3, 0.4) is 0 Å². The Morgan fingerprint density at radius 3 is 2.71 bits per heavy atom. The van der Waals surface area contributed by atoms with Gasteiger partial charge in [-0.1, -0.05) is 12.1 Å². The normalized spacial score (nSPS) is 11.2. The van der Waals surface area contributed by atoms with Gasteiger partial charge in [-0.3, -0.25) is 9.35 Å². The Morgan fingerprint density at radius 2 is 2.12 bits per heavy atom. The first kappa shape index (κ1) is 13.7. The summed E-state index contributed by atoms with van der Waals surface area (Å²) in [5.74, 6) is -0.405. The maximum Gasteiger partial charge on any atom is 0.264 e. The van der Waals surface area contributed by atoms with Crippen molar-refractivity contribution in [3.8, 4) is 0 Å². The van der Waals surface area contributed by atoms with Crippen LogP contribution in [0.25, 0.3) is 0 Å². The molecule has 0 heterocycles. The quantitative estimate of drug-likeness (QED) is 0.782. The summed E-state index contributed by atoms with van der Waals surface area (Å²) in [4.78, 5) is 10.8. The third-order valence-corrected chi connectivity index (χ3v) is 2.92. The summed E-state index contributed by atoms with van der Waals surface area (Å²) in [6, 6.07) is 7.17. The minimum atomic E-state index is -3.89. The Kier molecular flexibility index (Phi) is 4.65. The number of anilines is 1. The number of amides is 1. The molecule has 0 aliphatic rings. The highest BCUT2D eigenvalue weighted by Gasteiger charge is 2.04. The van der Waals surface area contributed by atoms with E-state index in [0.717, 1.165) is 5.56 Å². The highest BCUT2D eigenvalue weighted by atomic mass is 32.2.